The standard InChI is InChI=1S/C8H13NO3/c1-6(7(11)12)4-9-8(5-10)2-3-8/h9-10H,1-5H2,(H,11,12). The minimum atomic E-state index is -0.990. The number of aliphatic hydroxyl groups excluding tert-OH is 1. The zero-order valence-electron chi connectivity index (χ0n) is 6.84. The molecule has 0 spiro atoms. The number of hydrogen-bond donors (Lipinski definition) is 3. The van der Waals surface area contributed by atoms with Crippen LogP contribution in [0.5, 0.6) is 0 Å². The first kappa shape index (κ1) is 9.22. The third-order valence-corrected chi connectivity index (χ3v) is 2.14. The second-order valence-electron chi connectivity index (χ2n) is 3.20. The van der Waals surface area contributed by atoms with Crippen LogP contribution in [0.1, 0.15) is 12.8 Å². The average molecular weight is 171 g/mol. The van der Waals surface area contributed by atoms with Crippen molar-refractivity contribution in [3.63, 3.8) is 0 Å². The highest BCUT2D eigenvalue weighted by Crippen LogP contribution is 2.34. The van der Waals surface area contributed by atoms with Gasteiger partial charge < -0.3 is 15.5 Å². The van der Waals surface area contributed by atoms with E-state index in [0.29, 0.717) is 0 Å². The van der Waals surface area contributed by atoms with E-state index < -0.39 is 5.97 Å². The van der Waals surface area contributed by atoms with Gasteiger partial charge in [-0.05, 0) is 12.8 Å². The Kier molecular flexibility index (Phi) is 2.49. The Hall–Kier alpha value is -0.870. The molecule has 3 N–H and O–H groups in total. The first-order valence-corrected chi connectivity index (χ1v) is 3.87. The van der Waals surface area contributed by atoms with Crippen LogP contribution in [-0.4, -0.2) is 34.9 Å². The lowest BCUT2D eigenvalue weighted by Gasteiger charge is -2.13. The topological polar surface area (TPSA) is 69.6 Å². The number of rotatable bonds is 5. The van der Waals surface area contributed by atoms with Crippen molar-refractivity contribution in [2.75, 3.05) is 13.2 Å². The van der Waals surface area contributed by atoms with E-state index in [9.17, 15) is 4.79 Å². The summed E-state index contributed by atoms with van der Waals surface area (Å²) in [6.07, 6.45) is 1.83. The van der Waals surface area contributed by atoms with E-state index in [4.69, 9.17) is 10.2 Å². The van der Waals surface area contributed by atoms with Crippen molar-refractivity contribution in [2.45, 2.75) is 18.4 Å². The van der Waals surface area contributed by atoms with Crippen LogP contribution in [0.25, 0.3) is 0 Å². The van der Waals surface area contributed by atoms with Crippen LogP contribution in [-0.2, 0) is 4.79 Å². The predicted octanol–water partition coefficient (Wildman–Crippen LogP) is -0.258. The SMILES string of the molecule is C=C(CNC1(CO)CC1)C(=O)O. The summed E-state index contributed by atoms with van der Waals surface area (Å²) in [5.74, 6) is -0.990. The average Bonchev–Trinajstić information content (AvgIpc) is 2.81. The smallest absolute Gasteiger partial charge is 0.332 e. The molecule has 1 aliphatic carbocycles. The second-order valence-corrected chi connectivity index (χ2v) is 3.20. The molecule has 0 bridgehead atoms. The van der Waals surface area contributed by atoms with Gasteiger partial charge in [0.05, 0.1) is 6.61 Å². The van der Waals surface area contributed by atoms with Crippen LogP contribution in [0.15, 0.2) is 12.2 Å². The Balaban J connectivity index is 2.26. The Labute approximate surface area is 70.9 Å². The number of aliphatic hydroxyl groups is 1. The lowest BCUT2D eigenvalue weighted by atomic mass is 10.2. The first-order valence-electron chi connectivity index (χ1n) is 3.87. The number of carboxylic acid groups (broad SMARTS) is 1. The molecule has 12 heavy (non-hydrogen) atoms. The van der Waals surface area contributed by atoms with Crippen molar-refractivity contribution < 1.29 is 15.0 Å². The lowest BCUT2D eigenvalue weighted by molar-refractivity contribution is -0.132. The maximum atomic E-state index is 10.3. The Bertz CT molecular complexity index is 208. The second kappa shape index (κ2) is 3.25. The minimum Gasteiger partial charge on any atom is -0.478 e. The third-order valence-electron chi connectivity index (χ3n) is 2.14. The maximum absolute atomic E-state index is 10.3. The van der Waals surface area contributed by atoms with Gasteiger partial charge in [0.25, 0.3) is 0 Å². The molecule has 0 heterocycles. The zero-order valence-corrected chi connectivity index (χ0v) is 6.84. The quantitative estimate of drug-likeness (QED) is 0.498. The predicted molar refractivity (Wildman–Crippen MR) is 43.8 cm³/mol. The molecule has 1 aliphatic rings. The van der Waals surface area contributed by atoms with E-state index in [-0.39, 0.29) is 24.3 Å². The summed E-state index contributed by atoms with van der Waals surface area (Å²) in [5, 5.41) is 20.3. The fourth-order valence-corrected chi connectivity index (χ4v) is 0.911. The van der Waals surface area contributed by atoms with E-state index in [1.807, 2.05) is 0 Å². The van der Waals surface area contributed by atoms with E-state index in [2.05, 4.69) is 11.9 Å². The molecule has 0 aromatic rings. The summed E-state index contributed by atoms with van der Waals surface area (Å²) in [6.45, 7) is 3.69. The van der Waals surface area contributed by atoms with Gasteiger partial charge in [0.1, 0.15) is 0 Å². The molecule has 0 aromatic carbocycles. The largest absolute Gasteiger partial charge is 0.478 e. The summed E-state index contributed by atoms with van der Waals surface area (Å²) >= 11 is 0. The number of hydrogen-bond acceptors (Lipinski definition) is 3. The molecule has 0 aliphatic heterocycles. The van der Waals surface area contributed by atoms with E-state index in [1.54, 1.807) is 0 Å². The van der Waals surface area contributed by atoms with Gasteiger partial charge in [0.2, 0.25) is 0 Å². The van der Waals surface area contributed by atoms with Crippen molar-refractivity contribution in [1.29, 1.82) is 0 Å². The monoisotopic (exact) mass is 171 g/mol. The zero-order chi connectivity index (χ0) is 9.19. The molecule has 0 saturated heterocycles. The van der Waals surface area contributed by atoms with Crippen molar-refractivity contribution in [1.82, 2.24) is 5.32 Å². The molecular formula is C8H13NO3. The fraction of sp³-hybridized carbons (Fsp3) is 0.625. The van der Waals surface area contributed by atoms with Gasteiger partial charge in [-0.15, -0.1) is 0 Å². The van der Waals surface area contributed by atoms with Gasteiger partial charge in [-0.3, -0.25) is 0 Å². The fourth-order valence-electron chi connectivity index (χ4n) is 0.911. The highest BCUT2D eigenvalue weighted by Gasteiger charge is 2.41. The van der Waals surface area contributed by atoms with E-state index in [0.717, 1.165) is 12.8 Å². The lowest BCUT2D eigenvalue weighted by Crippen LogP contribution is -2.36. The van der Waals surface area contributed by atoms with Crippen molar-refractivity contribution >= 4 is 5.97 Å². The van der Waals surface area contributed by atoms with Crippen molar-refractivity contribution in [3.8, 4) is 0 Å². The third kappa shape index (κ3) is 2.06. The number of nitrogens with one attached hydrogen (secondary N) is 1. The first-order chi connectivity index (χ1) is 5.59. The normalized spacial score (nSPS) is 18.8. The maximum Gasteiger partial charge on any atom is 0.332 e. The van der Waals surface area contributed by atoms with Gasteiger partial charge in [0.15, 0.2) is 0 Å². The highest BCUT2D eigenvalue weighted by molar-refractivity contribution is 5.86. The molecule has 0 atom stereocenters. The van der Waals surface area contributed by atoms with Gasteiger partial charge in [-0.1, -0.05) is 6.58 Å². The van der Waals surface area contributed by atoms with Crippen LogP contribution >= 0.6 is 0 Å². The summed E-state index contributed by atoms with van der Waals surface area (Å²) in [7, 11) is 0. The summed E-state index contributed by atoms with van der Waals surface area (Å²) in [5.41, 5.74) is -0.0759. The molecule has 0 unspecified atom stereocenters. The van der Waals surface area contributed by atoms with Crippen LogP contribution < -0.4 is 5.32 Å². The molecule has 1 saturated carbocycles. The molecule has 0 amide bonds. The Morgan fingerprint density at radius 3 is 2.50 bits per heavy atom. The molecule has 1 rings (SSSR count). The molecule has 0 radical (unpaired) electrons. The van der Waals surface area contributed by atoms with Crippen LogP contribution in [0.2, 0.25) is 0 Å². The Morgan fingerprint density at radius 1 is 1.58 bits per heavy atom. The summed E-state index contributed by atoms with van der Waals surface area (Å²) in [6, 6.07) is 0. The molecule has 4 nitrogen and oxygen atoms in total. The van der Waals surface area contributed by atoms with Crippen molar-refractivity contribution in [3.05, 3.63) is 12.2 Å². The summed E-state index contributed by atoms with van der Waals surface area (Å²) in [4.78, 5) is 10.3. The van der Waals surface area contributed by atoms with Crippen LogP contribution in [0.3, 0.4) is 0 Å². The Morgan fingerprint density at radius 2 is 2.17 bits per heavy atom. The van der Waals surface area contributed by atoms with E-state index >= 15 is 0 Å². The van der Waals surface area contributed by atoms with E-state index in [1.165, 1.54) is 0 Å². The van der Waals surface area contributed by atoms with Gasteiger partial charge in [-0.2, -0.15) is 0 Å². The van der Waals surface area contributed by atoms with Crippen LogP contribution in [0.4, 0.5) is 0 Å². The number of carbonyl (C=O) groups is 1. The number of aliphatic carboxylic acids is 1. The highest BCUT2D eigenvalue weighted by atomic mass is 16.4. The van der Waals surface area contributed by atoms with Gasteiger partial charge in [-0.25, -0.2) is 4.79 Å². The molecule has 1 fully saturated rings. The van der Waals surface area contributed by atoms with Gasteiger partial charge in [0, 0.05) is 17.7 Å². The summed E-state index contributed by atoms with van der Waals surface area (Å²) < 4.78 is 0. The number of carboxylic acids is 1. The molecule has 0 aromatic heterocycles. The molecule has 4 heteroatoms. The molecular weight excluding hydrogens is 158 g/mol. The van der Waals surface area contributed by atoms with Crippen molar-refractivity contribution in [2.24, 2.45) is 0 Å². The molecule has 68 valence electrons. The minimum absolute atomic E-state index is 0.0693. The van der Waals surface area contributed by atoms with Crippen LogP contribution in [0, 0.1) is 0 Å². The van der Waals surface area contributed by atoms with Gasteiger partial charge >= 0.3 is 5.97 Å².